The number of para-hydroxylation sites is 1. The highest BCUT2D eigenvalue weighted by atomic mass is 16.2. The predicted octanol–water partition coefficient (Wildman–Crippen LogP) is 2.88. The van der Waals surface area contributed by atoms with Crippen LogP contribution in [0.3, 0.4) is 0 Å². The van der Waals surface area contributed by atoms with Crippen LogP contribution in [0.4, 0.5) is 11.5 Å². The molecule has 0 spiro atoms. The van der Waals surface area contributed by atoms with E-state index in [1.807, 2.05) is 31.2 Å². The van der Waals surface area contributed by atoms with Gasteiger partial charge in [-0.1, -0.05) is 25.1 Å². The fourth-order valence-electron chi connectivity index (χ4n) is 3.03. The molecule has 0 saturated heterocycles. The van der Waals surface area contributed by atoms with Gasteiger partial charge in [0.2, 0.25) is 11.8 Å². The van der Waals surface area contributed by atoms with Gasteiger partial charge in [-0.3, -0.25) is 9.59 Å². The van der Waals surface area contributed by atoms with Gasteiger partial charge in [0.05, 0.1) is 0 Å². The number of hydrogen-bond acceptors (Lipinski definition) is 4. The number of carbonyl (C=O) groups excluding carboxylic acids is 2. The van der Waals surface area contributed by atoms with Crippen LogP contribution < -0.4 is 10.6 Å². The van der Waals surface area contributed by atoms with Crippen molar-refractivity contribution < 1.29 is 9.59 Å². The number of benzene rings is 1. The summed E-state index contributed by atoms with van der Waals surface area (Å²) in [6.45, 7) is 3.81. The zero-order chi connectivity index (χ0) is 17.8. The fourth-order valence-corrected chi connectivity index (χ4v) is 3.03. The van der Waals surface area contributed by atoms with Gasteiger partial charge in [-0.25, -0.2) is 9.97 Å². The first kappa shape index (κ1) is 17.1. The lowest BCUT2D eigenvalue weighted by atomic mass is 9.89. The standard InChI is InChI=1S/C19H22N4O2/c1-3-15-11-17(21-12(2)20-15)23-18(24)9-8-14-10-13-6-4-5-7-16(13)22-19(14)25/h4-7,11,14H,3,8-10H2,1-2H3,(H,22,25)(H,20,21,23,24). The van der Waals surface area contributed by atoms with E-state index in [1.54, 1.807) is 13.0 Å². The Morgan fingerprint density at radius 2 is 2.12 bits per heavy atom. The summed E-state index contributed by atoms with van der Waals surface area (Å²) >= 11 is 0. The number of nitrogens with zero attached hydrogens (tertiary/aromatic N) is 2. The van der Waals surface area contributed by atoms with E-state index < -0.39 is 0 Å². The molecular weight excluding hydrogens is 316 g/mol. The second-order valence-corrected chi connectivity index (χ2v) is 6.28. The lowest BCUT2D eigenvalue weighted by Gasteiger charge is -2.24. The molecule has 1 aromatic carbocycles. The van der Waals surface area contributed by atoms with Crippen LogP contribution in [0, 0.1) is 12.8 Å². The molecule has 25 heavy (non-hydrogen) atoms. The molecule has 1 unspecified atom stereocenters. The first-order valence-corrected chi connectivity index (χ1v) is 8.58. The Hall–Kier alpha value is -2.76. The molecule has 0 bridgehead atoms. The van der Waals surface area contributed by atoms with Gasteiger partial charge in [-0.15, -0.1) is 0 Å². The van der Waals surface area contributed by atoms with Gasteiger partial charge in [-0.2, -0.15) is 0 Å². The number of carbonyl (C=O) groups is 2. The number of fused-ring (bicyclic) bond motifs is 1. The van der Waals surface area contributed by atoms with Gasteiger partial charge in [0.25, 0.3) is 0 Å². The van der Waals surface area contributed by atoms with Crippen molar-refractivity contribution >= 4 is 23.3 Å². The first-order valence-electron chi connectivity index (χ1n) is 8.58. The number of nitrogens with one attached hydrogen (secondary N) is 2. The predicted molar refractivity (Wildman–Crippen MR) is 96.3 cm³/mol. The SMILES string of the molecule is CCc1cc(NC(=O)CCC2Cc3ccccc3NC2=O)nc(C)n1. The molecule has 6 heteroatoms. The van der Waals surface area contributed by atoms with Crippen LogP contribution in [0.1, 0.15) is 36.8 Å². The lowest BCUT2D eigenvalue weighted by Crippen LogP contribution is -2.30. The number of hydrogen-bond donors (Lipinski definition) is 2. The molecule has 2 N–H and O–H groups in total. The molecule has 2 heterocycles. The van der Waals surface area contributed by atoms with E-state index in [4.69, 9.17) is 0 Å². The van der Waals surface area contributed by atoms with Crippen molar-refractivity contribution in [3.05, 3.63) is 47.4 Å². The van der Waals surface area contributed by atoms with E-state index >= 15 is 0 Å². The molecule has 130 valence electrons. The Bertz CT molecular complexity index is 804. The molecule has 3 rings (SSSR count). The number of aryl methyl sites for hydroxylation is 2. The van der Waals surface area contributed by atoms with Crippen LogP contribution in [0.25, 0.3) is 0 Å². The summed E-state index contributed by atoms with van der Waals surface area (Å²) in [5.41, 5.74) is 2.88. The molecule has 2 amide bonds. The average molecular weight is 338 g/mol. The molecule has 0 fully saturated rings. The minimum absolute atomic E-state index is 0.0161. The quantitative estimate of drug-likeness (QED) is 0.878. The van der Waals surface area contributed by atoms with Crippen molar-refractivity contribution in [1.29, 1.82) is 0 Å². The second kappa shape index (κ2) is 7.42. The number of aromatic nitrogens is 2. The number of rotatable bonds is 5. The molecule has 1 aliphatic rings. The third kappa shape index (κ3) is 4.21. The van der Waals surface area contributed by atoms with Crippen molar-refractivity contribution in [1.82, 2.24) is 9.97 Å². The summed E-state index contributed by atoms with van der Waals surface area (Å²) in [6.07, 6.45) is 2.25. The van der Waals surface area contributed by atoms with Gasteiger partial charge < -0.3 is 10.6 Å². The van der Waals surface area contributed by atoms with Crippen molar-refractivity contribution in [3.63, 3.8) is 0 Å². The van der Waals surface area contributed by atoms with Crippen LogP contribution >= 0.6 is 0 Å². The van der Waals surface area contributed by atoms with Gasteiger partial charge in [0.15, 0.2) is 0 Å². The molecule has 2 aromatic rings. The monoisotopic (exact) mass is 338 g/mol. The maximum atomic E-state index is 12.2. The van der Waals surface area contributed by atoms with Crippen LogP contribution in [0.15, 0.2) is 30.3 Å². The van der Waals surface area contributed by atoms with Crippen LogP contribution in [-0.4, -0.2) is 21.8 Å². The summed E-state index contributed by atoms with van der Waals surface area (Å²) in [7, 11) is 0. The van der Waals surface area contributed by atoms with Gasteiger partial charge >= 0.3 is 0 Å². The van der Waals surface area contributed by atoms with E-state index in [-0.39, 0.29) is 24.2 Å². The first-order chi connectivity index (χ1) is 12.0. The van der Waals surface area contributed by atoms with Crippen LogP contribution in [-0.2, 0) is 22.4 Å². The normalized spacial score (nSPS) is 16.1. The highest BCUT2D eigenvalue weighted by Gasteiger charge is 2.26. The van der Waals surface area contributed by atoms with Gasteiger partial charge in [-0.05, 0) is 37.8 Å². The molecule has 1 aromatic heterocycles. The van der Waals surface area contributed by atoms with Crippen LogP contribution in [0.5, 0.6) is 0 Å². The zero-order valence-corrected chi connectivity index (χ0v) is 14.5. The maximum absolute atomic E-state index is 12.2. The molecule has 1 atom stereocenters. The van der Waals surface area contributed by atoms with Crippen LogP contribution in [0.2, 0.25) is 0 Å². The van der Waals surface area contributed by atoms with Crippen molar-refractivity contribution in [2.45, 2.75) is 39.5 Å². The van der Waals surface area contributed by atoms with E-state index in [0.717, 1.165) is 23.4 Å². The third-order valence-corrected chi connectivity index (χ3v) is 4.35. The van der Waals surface area contributed by atoms with Gasteiger partial charge in [0, 0.05) is 29.8 Å². The summed E-state index contributed by atoms with van der Waals surface area (Å²) in [4.78, 5) is 32.9. The van der Waals surface area contributed by atoms with Crippen molar-refractivity contribution in [2.75, 3.05) is 10.6 Å². The summed E-state index contributed by atoms with van der Waals surface area (Å²) < 4.78 is 0. The number of anilines is 2. The van der Waals surface area contributed by atoms with E-state index in [9.17, 15) is 9.59 Å². The molecule has 0 aliphatic carbocycles. The smallest absolute Gasteiger partial charge is 0.227 e. The fraction of sp³-hybridized carbons (Fsp3) is 0.368. The minimum atomic E-state index is -0.181. The van der Waals surface area contributed by atoms with Gasteiger partial charge in [0.1, 0.15) is 11.6 Å². The van der Waals surface area contributed by atoms with E-state index in [2.05, 4.69) is 20.6 Å². The topological polar surface area (TPSA) is 84.0 Å². The lowest BCUT2D eigenvalue weighted by molar-refractivity contribution is -0.121. The molecular formula is C19H22N4O2. The van der Waals surface area contributed by atoms with E-state index in [0.29, 0.717) is 24.5 Å². The second-order valence-electron chi connectivity index (χ2n) is 6.28. The third-order valence-electron chi connectivity index (χ3n) is 4.35. The summed E-state index contributed by atoms with van der Waals surface area (Å²) in [5.74, 6) is 0.828. The summed E-state index contributed by atoms with van der Waals surface area (Å²) in [5, 5.41) is 5.72. The molecule has 0 radical (unpaired) electrons. The Balaban J connectivity index is 1.58. The molecule has 1 aliphatic heterocycles. The summed E-state index contributed by atoms with van der Waals surface area (Å²) in [6, 6.07) is 9.56. The molecule has 0 saturated carbocycles. The minimum Gasteiger partial charge on any atom is -0.326 e. The highest BCUT2D eigenvalue weighted by molar-refractivity contribution is 5.96. The molecule has 6 nitrogen and oxygen atoms in total. The maximum Gasteiger partial charge on any atom is 0.227 e. The Kier molecular flexibility index (Phi) is 5.07. The average Bonchev–Trinajstić information content (AvgIpc) is 2.59. The Morgan fingerprint density at radius 3 is 2.92 bits per heavy atom. The zero-order valence-electron chi connectivity index (χ0n) is 14.5. The van der Waals surface area contributed by atoms with Crippen molar-refractivity contribution in [3.8, 4) is 0 Å². The Morgan fingerprint density at radius 1 is 1.32 bits per heavy atom. The Labute approximate surface area is 147 Å². The van der Waals surface area contributed by atoms with Crippen molar-refractivity contribution in [2.24, 2.45) is 5.92 Å². The highest BCUT2D eigenvalue weighted by Crippen LogP contribution is 2.27. The largest absolute Gasteiger partial charge is 0.326 e. The van der Waals surface area contributed by atoms with E-state index in [1.165, 1.54) is 0 Å². The number of amides is 2.